The maximum absolute atomic E-state index is 5.65. The number of hydrogen-bond donors (Lipinski definition) is 1. The largest absolute Gasteiger partial charge is 0.376 e. The van der Waals surface area contributed by atoms with Gasteiger partial charge in [0.15, 0.2) is 0 Å². The second kappa shape index (κ2) is 6.72. The molecule has 1 aliphatic heterocycles. The fourth-order valence-electron chi connectivity index (χ4n) is 3.00. The zero-order valence-electron chi connectivity index (χ0n) is 11.5. The summed E-state index contributed by atoms with van der Waals surface area (Å²) in [5.41, 5.74) is 0. The van der Waals surface area contributed by atoms with Gasteiger partial charge in [-0.25, -0.2) is 0 Å². The fourth-order valence-corrected chi connectivity index (χ4v) is 3.00. The lowest BCUT2D eigenvalue weighted by atomic mass is 10.2. The van der Waals surface area contributed by atoms with E-state index in [1.807, 2.05) is 0 Å². The monoisotopic (exact) mass is 240 g/mol. The van der Waals surface area contributed by atoms with Crippen LogP contribution in [0, 0.1) is 0 Å². The summed E-state index contributed by atoms with van der Waals surface area (Å²) >= 11 is 0. The molecule has 100 valence electrons. The first-order valence-corrected chi connectivity index (χ1v) is 7.34. The molecule has 2 fully saturated rings. The number of rotatable bonds is 5. The van der Waals surface area contributed by atoms with Crippen molar-refractivity contribution in [2.45, 2.75) is 64.1 Å². The van der Waals surface area contributed by atoms with Crippen molar-refractivity contribution in [3.8, 4) is 0 Å². The molecule has 3 nitrogen and oxygen atoms in total. The molecule has 0 aromatic rings. The summed E-state index contributed by atoms with van der Waals surface area (Å²) in [5, 5.41) is 3.69. The first kappa shape index (κ1) is 13.3. The van der Waals surface area contributed by atoms with Crippen molar-refractivity contribution in [2.75, 3.05) is 26.2 Å². The van der Waals surface area contributed by atoms with Crippen molar-refractivity contribution in [2.24, 2.45) is 0 Å². The van der Waals surface area contributed by atoms with Crippen LogP contribution in [-0.4, -0.2) is 49.3 Å². The van der Waals surface area contributed by atoms with E-state index in [0.717, 1.165) is 19.2 Å². The molecule has 0 aromatic heterocycles. The first-order chi connectivity index (χ1) is 8.25. The Hall–Kier alpha value is -0.120. The van der Waals surface area contributed by atoms with E-state index in [1.165, 1.54) is 45.2 Å². The van der Waals surface area contributed by atoms with Gasteiger partial charge in [0.05, 0.1) is 12.7 Å². The van der Waals surface area contributed by atoms with Gasteiger partial charge in [0.2, 0.25) is 0 Å². The SMILES string of the molecule is CC1CN(CCCNC2CCCC2)C(C)CO1. The zero-order chi connectivity index (χ0) is 12.1. The minimum Gasteiger partial charge on any atom is -0.376 e. The highest BCUT2D eigenvalue weighted by molar-refractivity contribution is 4.77. The third kappa shape index (κ3) is 4.23. The van der Waals surface area contributed by atoms with E-state index in [1.54, 1.807) is 0 Å². The molecule has 2 rings (SSSR count). The Balaban J connectivity index is 1.57. The van der Waals surface area contributed by atoms with E-state index < -0.39 is 0 Å². The van der Waals surface area contributed by atoms with Gasteiger partial charge in [-0.05, 0) is 46.2 Å². The topological polar surface area (TPSA) is 24.5 Å². The summed E-state index contributed by atoms with van der Waals surface area (Å²) in [7, 11) is 0. The smallest absolute Gasteiger partial charge is 0.0674 e. The molecule has 1 aliphatic carbocycles. The molecule has 17 heavy (non-hydrogen) atoms. The molecule has 0 amide bonds. The van der Waals surface area contributed by atoms with E-state index in [9.17, 15) is 0 Å². The molecular weight excluding hydrogens is 212 g/mol. The Labute approximate surface area is 106 Å². The maximum Gasteiger partial charge on any atom is 0.0674 e. The van der Waals surface area contributed by atoms with E-state index in [4.69, 9.17) is 4.74 Å². The third-order valence-corrected chi connectivity index (χ3v) is 4.15. The van der Waals surface area contributed by atoms with Crippen molar-refractivity contribution in [3.63, 3.8) is 0 Å². The minimum absolute atomic E-state index is 0.411. The second-order valence-electron chi connectivity index (χ2n) is 5.78. The van der Waals surface area contributed by atoms with Crippen LogP contribution in [0.5, 0.6) is 0 Å². The Morgan fingerprint density at radius 2 is 2.00 bits per heavy atom. The normalized spacial score (nSPS) is 32.1. The number of nitrogens with zero attached hydrogens (tertiary/aromatic N) is 1. The lowest BCUT2D eigenvalue weighted by Gasteiger charge is -2.36. The van der Waals surface area contributed by atoms with Gasteiger partial charge in [0.25, 0.3) is 0 Å². The van der Waals surface area contributed by atoms with E-state index in [2.05, 4.69) is 24.1 Å². The predicted molar refractivity (Wildman–Crippen MR) is 71.3 cm³/mol. The maximum atomic E-state index is 5.65. The fraction of sp³-hybridized carbons (Fsp3) is 1.00. The van der Waals surface area contributed by atoms with Gasteiger partial charge in [0, 0.05) is 18.6 Å². The summed E-state index contributed by atoms with van der Waals surface area (Å²) in [6.45, 7) is 8.85. The van der Waals surface area contributed by atoms with Crippen LogP contribution < -0.4 is 5.32 Å². The lowest BCUT2D eigenvalue weighted by Crippen LogP contribution is -2.48. The molecule has 1 heterocycles. The van der Waals surface area contributed by atoms with E-state index >= 15 is 0 Å². The van der Waals surface area contributed by atoms with Gasteiger partial charge >= 0.3 is 0 Å². The summed E-state index contributed by atoms with van der Waals surface area (Å²) in [5.74, 6) is 0. The van der Waals surface area contributed by atoms with Crippen LogP contribution >= 0.6 is 0 Å². The van der Waals surface area contributed by atoms with Crippen LogP contribution in [0.2, 0.25) is 0 Å². The summed E-state index contributed by atoms with van der Waals surface area (Å²) in [6, 6.07) is 1.41. The number of ether oxygens (including phenoxy) is 1. The highest BCUT2D eigenvalue weighted by Crippen LogP contribution is 2.17. The molecule has 2 atom stereocenters. The molecule has 1 saturated heterocycles. The van der Waals surface area contributed by atoms with Crippen molar-refractivity contribution >= 4 is 0 Å². The van der Waals surface area contributed by atoms with Crippen LogP contribution in [0.15, 0.2) is 0 Å². The third-order valence-electron chi connectivity index (χ3n) is 4.15. The molecule has 0 spiro atoms. The molecular formula is C14H28N2O. The Kier molecular flexibility index (Phi) is 5.26. The highest BCUT2D eigenvalue weighted by Gasteiger charge is 2.22. The van der Waals surface area contributed by atoms with Crippen LogP contribution in [0.4, 0.5) is 0 Å². The quantitative estimate of drug-likeness (QED) is 0.744. The average molecular weight is 240 g/mol. The molecule has 2 unspecified atom stereocenters. The van der Waals surface area contributed by atoms with Gasteiger partial charge in [-0.15, -0.1) is 0 Å². The van der Waals surface area contributed by atoms with Crippen LogP contribution in [-0.2, 0) is 4.74 Å². The van der Waals surface area contributed by atoms with Crippen LogP contribution in [0.25, 0.3) is 0 Å². The lowest BCUT2D eigenvalue weighted by molar-refractivity contribution is -0.0494. The standard InChI is InChI=1S/C14H28N2O/c1-12-11-17-13(2)10-16(12)9-5-8-15-14-6-3-4-7-14/h12-15H,3-11H2,1-2H3. The van der Waals surface area contributed by atoms with Crippen LogP contribution in [0.1, 0.15) is 46.0 Å². The van der Waals surface area contributed by atoms with Gasteiger partial charge in [-0.2, -0.15) is 0 Å². The van der Waals surface area contributed by atoms with Gasteiger partial charge < -0.3 is 10.1 Å². The summed E-state index contributed by atoms with van der Waals surface area (Å²) in [4.78, 5) is 2.57. The summed E-state index contributed by atoms with van der Waals surface area (Å²) in [6.07, 6.45) is 7.32. The molecule has 1 saturated carbocycles. The second-order valence-corrected chi connectivity index (χ2v) is 5.78. The van der Waals surface area contributed by atoms with Crippen molar-refractivity contribution in [1.29, 1.82) is 0 Å². The van der Waals surface area contributed by atoms with E-state index in [-0.39, 0.29) is 0 Å². The predicted octanol–water partition coefficient (Wildman–Crippen LogP) is 2.02. The first-order valence-electron chi connectivity index (χ1n) is 7.34. The summed E-state index contributed by atoms with van der Waals surface area (Å²) < 4.78 is 5.65. The van der Waals surface area contributed by atoms with Crippen molar-refractivity contribution in [3.05, 3.63) is 0 Å². The van der Waals surface area contributed by atoms with Gasteiger partial charge in [-0.3, -0.25) is 4.90 Å². The van der Waals surface area contributed by atoms with Crippen molar-refractivity contribution < 1.29 is 4.74 Å². The molecule has 3 heteroatoms. The van der Waals surface area contributed by atoms with Gasteiger partial charge in [-0.1, -0.05) is 12.8 Å². The Bertz CT molecular complexity index is 216. The van der Waals surface area contributed by atoms with Crippen molar-refractivity contribution in [1.82, 2.24) is 10.2 Å². The molecule has 0 radical (unpaired) electrons. The highest BCUT2D eigenvalue weighted by atomic mass is 16.5. The molecule has 2 aliphatic rings. The molecule has 0 aromatic carbocycles. The average Bonchev–Trinajstić information content (AvgIpc) is 2.82. The number of hydrogen-bond acceptors (Lipinski definition) is 3. The van der Waals surface area contributed by atoms with Crippen LogP contribution in [0.3, 0.4) is 0 Å². The number of nitrogens with one attached hydrogen (secondary N) is 1. The Morgan fingerprint density at radius 3 is 2.76 bits per heavy atom. The Morgan fingerprint density at radius 1 is 1.24 bits per heavy atom. The number of morpholine rings is 1. The molecule has 0 bridgehead atoms. The molecule has 1 N–H and O–H groups in total. The zero-order valence-corrected chi connectivity index (χ0v) is 11.5. The van der Waals surface area contributed by atoms with E-state index in [0.29, 0.717) is 12.1 Å². The van der Waals surface area contributed by atoms with Gasteiger partial charge in [0.1, 0.15) is 0 Å². The minimum atomic E-state index is 0.411.